The van der Waals surface area contributed by atoms with Crippen molar-refractivity contribution in [3.63, 3.8) is 0 Å². The first kappa shape index (κ1) is 17.9. The molecule has 0 aliphatic heterocycles. The van der Waals surface area contributed by atoms with Crippen LogP contribution >= 0.6 is 0 Å². The van der Waals surface area contributed by atoms with Gasteiger partial charge in [-0.05, 0) is 85.4 Å². The van der Waals surface area contributed by atoms with E-state index in [0.717, 1.165) is 43.2 Å². The van der Waals surface area contributed by atoms with Crippen LogP contribution in [-0.2, 0) is 5.54 Å². The van der Waals surface area contributed by atoms with Crippen LogP contribution in [0.2, 0.25) is 0 Å². The van der Waals surface area contributed by atoms with Crippen LogP contribution < -0.4 is 10.5 Å². The SMILES string of the molecule is CCC(N)(c1ccncc1)C1CCC(Oc2ccc3cnccc3c2)CC1. The number of fused-ring (bicyclic) bond motifs is 1. The van der Waals surface area contributed by atoms with Gasteiger partial charge in [0.15, 0.2) is 0 Å². The van der Waals surface area contributed by atoms with Gasteiger partial charge in [0.2, 0.25) is 0 Å². The Morgan fingerprint density at radius 1 is 0.963 bits per heavy atom. The highest BCUT2D eigenvalue weighted by Gasteiger charge is 2.37. The fourth-order valence-electron chi connectivity index (χ4n) is 4.41. The molecule has 4 nitrogen and oxygen atoms in total. The predicted molar refractivity (Wildman–Crippen MR) is 109 cm³/mol. The average molecular weight is 361 g/mol. The van der Waals surface area contributed by atoms with Gasteiger partial charge in [0.05, 0.1) is 6.10 Å². The molecule has 1 fully saturated rings. The lowest BCUT2D eigenvalue weighted by Gasteiger charge is -2.41. The molecule has 2 heterocycles. The van der Waals surface area contributed by atoms with Gasteiger partial charge in [0.1, 0.15) is 5.75 Å². The number of rotatable bonds is 5. The number of hydrogen-bond acceptors (Lipinski definition) is 4. The number of hydrogen-bond donors (Lipinski definition) is 1. The van der Waals surface area contributed by atoms with E-state index in [2.05, 4.69) is 41.2 Å². The quantitative estimate of drug-likeness (QED) is 0.707. The Morgan fingerprint density at radius 2 is 1.70 bits per heavy atom. The molecular weight excluding hydrogens is 334 g/mol. The summed E-state index contributed by atoms with van der Waals surface area (Å²) < 4.78 is 6.29. The van der Waals surface area contributed by atoms with Gasteiger partial charge < -0.3 is 10.5 Å². The second-order valence-electron chi connectivity index (χ2n) is 7.61. The number of ether oxygens (including phenoxy) is 1. The highest BCUT2D eigenvalue weighted by atomic mass is 16.5. The number of pyridine rings is 2. The van der Waals surface area contributed by atoms with Gasteiger partial charge in [0.25, 0.3) is 0 Å². The van der Waals surface area contributed by atoms with Gasteiger partial charge in [-0.1, -0.05) is 6.92 Å². The minimum Gasteiger partial charge on any atom is -0.490 e. The maximum Gasteiger partial charge on any atom is 0.120 e. The molecule has 0 radical (unpaired) electrons. The Bertz CT molecular complexity index is 890. The van der Waals surface area contributed by atoms with E-state index in [4.69, 9.17) is 10.5 Å². The largest absolute Gasteiger partial charge is 0.490 e. The number of nitrogens with two attached hydrogens (primary N) is 1. The Kier molecular flexibility index (Phi) is 5.08. The van der Waals surface area contributed by atoms with E-state index in [0.29, 0.717) is 5.92 Å². The highest BCUT2D eigenvalue weighted by Crippen LogP contribution is 2.40. The van der Waals surface area contributed by atoms with Crippen molar-refractivity contribution in [1.29, 1.82) is 0 Å². The van der Waals surface area contributed by atoms with Crippen molar-refractivity contribution in [2.45, 2.75) is 50.7 Å². The van der Waals surface area contributed by atoms with E-state index in [9.17, 15) is 0 Å². The van der Waals surface area contributed by atoms with E-state index in [-0.39, 0.29) is 11.6 Å². The molecule has 0 spiro atoms. The number of benzene rings is 1. The summed E-state index contributed by atoms with van der Waals surface area (Å²) in [7, 11) is 0. The summed E-state index contributed by atoms with van der Waals surface area (Å²) in [4.78, 5) is 8.31. The van der Waals surface area contributed by atoms with Crippen LogP contribution in [0.5, 0.6) is 5.75 Å². The summed E-state index contributed by atoms with van der Waals surface area (Å²) >= 11 is 0. The maximum absolute atomic E-state index is 6.88. The van der Waals surface area contributed by atoms with Gasteiger partial charge in [-0.15, -0.1) is 0 Å². The second-order valence-corrected chi connectivity index (χ2v) is 7.61. The molecule has 0 saturated heterocycles. The van der Waals surface area contributed by atoms with Crippen molar-refractivity contribution in [2.24, 2.45) is 11.7 Å². The third-order valence-electron chi connectivity index (χ3n) is 6.12. The summed E-state index contributed by atoms with van der Waals surface area (Å²) in [5.41, 5.74) is 7.81. The van der Waals surface area contributed by atoms with Crippen molar-refractivity contribution in [2.75, 3.05) is 0 Å². The summed E-state index contributed by atoms with van der Waals surface area (Å²) in [6.07, 6.45) is 12.9. The van der Waals surface area contributed by atoms with Crippen molar-refractivity contribution in [3.05, 3.63) is 66.7 Å². The van der Waals surface area contributed by atoms with E-state index < -0.39 is 0 Å². The molecule has 4 rings (SSSR count). The molecule has 2 N–H and O–H groups in total. The molecule has 1 aromatic carbocycles. The van der Waals surface area contributed by atoms with Crippen molar-refractivity contribution in [3.8, 4) is 5.75 Å². The zero-order valence-electron chi connectivity index (χ0n) is 15.8. The lowest BCUT2D eigenvalue weighted by Crippen LogP contribution is -2.46. The Hall–Kier alpha value is -2.46. The zero-order chi connectivity index (χ0) is 18.7. The Labute approximate surface area is 160 Å². The second kappa shape index (κ2) is 7.65. The third kappa shape index (κ3) is 3.67. The van der Waals surface area contributed by atoms with E-state index in [1.807, 2.05) is 36.9 Å². The molecule has 1 aliphatic carbocycles. The Morgan fingerprint density at radius 3 is 2.44 bits per heavy atom. The first-order chi connectivity index (χ1) is 13.2. The zero-order valence-corrected chi connectivity index (χ0v) is 15.8. The summed E-state index contributed by atoms with van der Waals surface area (Å²) in [5, 5.41) is 2.31. The topological polar surface area (TPSA) is 61.0 Å². The first-order valence-electron chi connectivity index (χ1n) is 9.89. The number of nitrogens with zero attached hydrogens (tertiary/aromatic N) is 2. The van der Waals surface area contributed by atoms with Gasteiger partial charge in [-0.2, -0.15) is 0 Å². The molecule has 0 bridgehead atoms. The summed E-state index contributed by atoms with van der Waals surface area (Å²) in [6.45, 7) is 2.19. The van der Waals surface area contributed by atoms with Crippen LogP contribution in [0.25, 0.3) is 10.8 Å². The molecule has 0 amide bonds. The standard InChI is InChI=1S/C23H27N3O/c1-2-23(24,20-10-13-25-14-11-20)19-4-7-21(8-5-19)27-22-6-3-18-16-26-12-9-17(18)15-22/h3,6,9-16,19,21H,2,4-5,7-8,24H2,1H3. The van der Waals surface area contributed by atoms with Crippen molar-refractivity contribution < 1.29 is 4.74 Å². The molecular formula is C23H27N3O. The van der Waals surface area contributed by atoms with Gasteiger partial charge in [-0.25, -0.2) is 0 Å². The number of aromatic nitrogens is 2. The van der Waals surface area contributed by atoms with Gasteiger partial charge in [0, 0.05) is 35.7 Å². The lowest BCUT2D eigenvalue weighted by atomic mass is 9.70. The molecule has 1 atom stereocenters. The summed E-state index contributed by atoms with van der Waals surface area (Å²) in [5.74, 6) is 1.42. The molecule has 1 saturated carbocycles. The minimum absolute atomic E-state index is 0.263. The fraction of sp³-hybridized carbons (Fsp3) is 0.391. The van der Waals surface area contributed by atoms with Crippen LogP contribution in [0.4, 0.5) is 0 Å². The normalized spacial score (nSPS) is 22.3. The van der Waals surface area contributed by atoms with Crippen LogP contribution in [0, 0.1) is 5.92 Å². The van der Waals surface area contributed by atoms with E-state index in [1.54, 1.807) is 0 Å². The van der Waals surface area contributed by atoms with Crippen LogP contribution in [0.1, 0.15) is 44.6 Å². The smallest absolute Gasteiger partial charge is 0.120 e. The maximum atomic E-state index is 6.88. The van der Waals surface area contributed by atoms with Gasteiger partial charge >= 0.3 is 0 Å². The van der Waals surface area contributed by atoms with E-state index >= 15 is 0 Å². The lowest BCUT2D eigenvalue weighted by molar-refractivity contribution is 0.0969. The third-order valence-corrected chi connectivity index (χ3v) is 6.12. The Balaban J connectivity index is 1.42. The van der Waals surface area contributed by atoms with E-state index in [1.165, 1.54) is 10.9 Å². The van der Waals surface area contributed by atoms with Gasteiger partial charge in [-0.3, -0.25) is 9.97 Å². The first-order valence-corrected chi connectivity index (χ1v) is 9.89. The molecule has 4 heteroatoms. The molecule has 3 aromatic rings. The summed E-state index contributed by atoms with van der Waals surface area (Å²) in [6, 6.07) is 12.4. The fourth-order valence-corrected chi connectivity index (χ4v) is 4.41. The predicted octanol–water partition coefficient (Wildman–Crippen LogP) is 4.83. The molecule has 140 valence electrons. The van der Waals surface area contributed by atoms with Crippen LogP contribution in [-0.4, -0.2) is 16.1 Å². The van der Waals surface area contributed by atoms with Crippen LogP contribution in [0.15, 0.2) is 61.2 Å². The molecule has 1 unspecified atom stereocenters. The molecule has 2 aromatic heterocycles. The van der Waals surface area contributed by atoms with Crippen molar-refractivity contribution >= 4 is 10.8 Å². The van der Waals surface area contributed by atoms with Crippen LogP contribution in [0.3, 0.4) is 0 Å². The monoisotopic (exact) mass is 361 g/mol. The minimum atomic E-state index is -0.274. The highest BCUT2D eigenvalue weighted by molar-refractivity contribution is 5.82. The molecule has 1 aliphatic rings. The average Bonchev–Trinajstić information content (AvgIpc) is 2.74. The molecule has 27 heavy (non-hydrogen) atoms. The van der Waals surface area contributed by atoms with Crippen molar-refractivity contribution in [1.82, 2.24) is 9.97 Å².